The van der Waals surface area contributed by atoms with Crippen molar-refractivity contribution in [2.75, 3.05) is 20.8 Å². The van der Waals surface area contributed by atoms with Gasteiger partial charge in [0.1, 0.15) is 47.6 Å². The first-order valence-electron chi connectivity index (χ1n) is 10.5. The normalized spacial score (nSPS) is 25.4. The highest BCUT2D eigenvalue weighted by atomic mass is 35.5. The number of hydrogen-bond donors (Lipinski definition) is 4. The Balaban J connectivity index is 1.87. The van der Waals surface area contributed by atoms with Gasteiger partial charge in [-0.25, -0.2) is 0 Å². The zero-order valence-corrected chi connectivity index (χ0v) is 19.2. The summed E-state index contributed by atoms with van der Waals surface area (Å²) in [6, 6.07) is 9.30. The smallest absolute Gasteiger partial charge is 0.169 e. The molecule has 2 aromatic carbocycles. The maximum absolute atomic E-state index is 10.7. The standard InChI is InChI=1S/C24H27ClO8/c1-11-22(31-3)17-18(25)13(8-12-4-6-14(30-2)7-5-12)9-15(23(17)32-11)24-21(29)20(28)19(27)16(10-26)33-24/h4-7,9,16,19-21,24,26-29H,8,10H2,1-3H3/t16?,19-,20+,21-,24+/m1/s1. The Morgan fingerprint density at radius 2 is 1.70 bits per heavy atom. The third-order valence-corrected chi connectivity index (χ3v) is 6.51. The number of fused-ring (bicyclic) bond motifs is 1. The monoisotopic (exact) mass is 478 g/mol. The molecule has 1 unspecified atom stereocenters. The molecule has 33 heavy (non-hydrogen) atoms. The van der Waals surface area contributed by atoms with Gasteiger partial charge in [-0.05, 0) is 42.7 Å². The van der Waals surface area contributed by atoms with Crippen LogP contribution in [0.25, 0.3) is 11.0 Å². The van der Waals surface area contributed by atoms with Gasteiger partial charge in [-0.1, -0.05) is 23.7 Å². The summed E-state index contributed by atoms with van der Waals surface area (Å²) in [4.78, 5) is 0. The van der Waals surface area contributed by atoms with E-state index in [1.54, 1.807) is 20.1 Å². The van der Waals surface area contributed by atoms with Crippen LogP contribution in [-0.4, -0.2) is 65.7 Å². The summed E-state index contributed by atoms with van der Waals surface area (Å²) in [6.45, 7) is 1.20. The molecule has 3 aromatic rings. The van der Waals surface area contributed by atoms with Crippen LogP contribution in [0, 0.1) is 6.92 Å². The molecule has 1 saturated heterocycles. The summed E-state index contributed by atoms with van der Waals surface area (Å²) in [6.07, 6.45) is -6.12. The molecule has 0 aliphatic carbocycles. The van der Waals surface area contributed by atoms with E-state index in [1.807, 2.05) is 24.3 Å². The predicted octanol–water partition coefficient (Wildman–Crippen LogP) is 2.52. The van der Waals surface area contributed by atoms with E-state index in [2.05, 4.69) is 0 Å². The molecule has 1 aliphatic rings. The van der Waals surface area contributed by atoms with Crippen molar-refractivity contribution in [2.45, 2.75) is 43.9 Å². The van der Waals surface area contributed by atoms with Crippen molar-refractivity contribution < 1.29 is 39.1 Å². The van der Waals surface area contributed by atoms with Crippen molar-refractivity contribution in [1.82, 2.24) is 0 Å². The second-order valence-corrected chi connectivity index (χ2v) is 8.49. The van der Waals surface area contributed by atoms with Gasteiger partial charge >= 0.3 is 0 Å². The summed E-state index contributed by atoms with van der Waals surface area (Å²) >= 11 is 6.80. The van der Waals surface area contributed by atoms with E-state index in [0.717, 1.165) is 16.9 Å². The number of aliphatic hydroxyl groups excluding tert-OH is 4. The topological polar surface area (TPSA) is 122 Å². The molecule has 9 heteroatoms. The van der Waals surface area contributed by atoms with E-state index in [1.165, 1.54) is 7.11 Å². The number of furan rings is 1. The van der Waals surface area contributed by atoms with Crippen LogP contribution < -0.4 is 9.47 Å². The Morgan fingerprint density at radius 3 is 2.30 bits per heavy atom. The number of rotatable bonds is 6. The van der Waals surface area contributed by atoms with Gasteiger partial charge in [0, 0.05) is 5.56 Å². The molecule has 4 N–H and O–H groups in total. The molecule has 8 nitrogen and oxygen atoms in total. The van der Waals surface area contributed by atoms with Crippen molar-refractivity contribution in [1.29, 1.82) is 0 Å². The Morgan fingerprint density at radius 1 is 1.00 bits per heavy atom. The van der Waals surface area contributed by atoms with Gasteiger partial charge in [0.2, 0.25) is 0 Å². The van der Waals surface area contributed by atoms with E-state index in [9.17, 15) is 20.4 Å². The van der Waals surface area contributed by atoms with Crippen molar-refractivity contribution in [3.63, 3.8) is 0 Å². The van der Waals surface area contributed by atoms with E-state index >= 15 is 0 Å². The number of benzene rings is 2. The van der Waals surface area contributed by atoms with E-state index in [0.29, 0.717) is 39.5 Å². The first-order chi connectivity index (χ1) is 15.8. The van der Waals surface area contributed by atoms with Gasteiger partial charge in [-0.15, -0.1) is 0 Å². The van der Waals surface area contributed by atoms with Crippen LogP contribution in [0.1, 0.15) is 28.6 Å². The van der Waals surface area contributed by atoms with E-state index < -0.39 is 37.1 Å². The van der Waals surface area contributed by atoms with Crippen molar-refractivity contribution in [2.24, 2.45) is 0 Å². The third kappa shape index (κ3) is 4.19. The molecule has 0 spiro atoms. The van der Waals surface area contributed by atoms with Crippen LogP contribution in [0.2, 0.25) is 5.02 Å². The molecular weight excluding hydrogens is 452 g/mol. The lowest BCUT2D eigenvalue weighted by atomic mass is 9.89. The number of halogens is 1. The van der Waals surface area contributed by atoms with Crippen molar-refractivity contribution >= 4 is 22.6 Å². The summed E-state index contributed by atoms with van der Waals surface area (Å²) in [5.74, 6) is 1.67. The summed E-state index contributed by atoms with van der Waals surface area (Å²) in [5.41, 5.74) is 2.47. The maximum atomic E-state index is 10.7. The first-order valence-corrected chi connectivity index (χ1v) is 10.9. The molecule has 2 heterocycles. The quantitative estimate of drug-likeness (QED) is 0.426. The lowest BCUT2D eigenvalue weighted by Crippen LogP contribution is -2.55. The maximum Gasteiger partial charge on any atom is 0.169 e. The van der Waals surface area contributed by atoms with E-state index in [4.69, 9.17) is 30.2 Å². The minimum absolute atomic E-state index is 0.345. The molecule has 1 aliphatic heterocycles. The first kappa shape index (κ1) is 23.8. The fraction of sp³-hybridized carbons (Fsp3) is 0.417. The Kier molecular flexibility index (Phi) is 6.86. The lowest BCUT2D eigenvalue weighted by Gasteiger charge is -2.40. The fourth-order valence-corrected chi connectivity index (χ4v) is 4.61. The van der Waals surface area contributed by atoms with Crippen LogP contribution in [0.15, 0.2) is 34.7 Å². The van der Waals surface area contributed by atoms with Gasteiger partial charge in [0.05, 0.1) is 31.2 Å². The number of methoxy groups -OCH3 is 2. The molecule has 5 atom stereocenters. The molecule has 0 amide bonds. The third-order valence-electron chi connectivity index (χ3n) is 6.08. The second-order valence-electron chi connectivity index (χ2n) is 8.11. The van der Waals surface area contributed by atoms with Gasteiger partial charge < -0.3 is 39.1 Å². The van der Waals surface area contributed by atoms with Crippen LogP contribution in [-0.2, 0) is 11.2 Å². The van der Waals surface area contributed by atoms with Crippen molar-refractivity contribution in [3.05, 3.63) is 57.8 Å². The molecule has 0 radical (unpaired) electrons. The molecule has 178 valence electrons. The van der Waals surface area contributed by atoms with Crippen LogP contribution in [0.3, 0.4) is 0 Å². The van der Waals surface area contributed by atoms with Crippen LogP contribution in [0.4, 0.5) is 0 Å². The second kappa shape index (κ2) is 9.50. The number of aryl methyl sites for hydroxylation is 1. The predicted molar refractivity (Wildman–Crippen MR) is 121 cm³/mol. The summed E-state index contributed by atoms with van der Waals surface area (Å²) < 4.78 is 22.5. The highest BCUT2D eigenvalue weighted by molar-refractivity contribution is 6.37. The van der Waals surface area contributed by atoms with Crippen molar-refractivity contribution in [3.8, 4) is 11.5 Å². The summed E-state index contributed by atoms with van der Waals surface area (Å²) in [5, 5.41) is 41.8. The molecule has 0 saturated carbocycles. The largest absolute Gasteiger partial charge is 0.497 e. The molecule has 1 fully saturated rings. The number of aliphatic hydroxyl groups is 4. The Bertz CT molecular complexity index is 1120. The van der Waals surface area contributed by atoms with Gasteiger partial charge in [-0.2, -0.15) is 0 Å². The zero-order valence-electron chi connectivity index (χ0n) is 18.5. The SMILES string of the molecule is COc1ccc(Cc2cc([C@@H]3OC(CO)[C@@H](O)[C@H](O)[C@H]3O)c3oc(C)c(OC)c3c2Cl)cc1. The minimum Gasteiger partial charge on any atom is -0.497 e. The molecule has 0 bridgehead atoms. The molecular formula is C24H27ClO8. The molecule has 4 rings (SSSR count). The Labute approximate surface area is 195 Å². The van der Waals surface area contributed by atoms with Crippen LogP contribution in [0.5, 0.6) is 11.5 Å². The zero-order chi connectivity index (χ0) is 23.9. The average molecular weight is 479 g/mol. The van der Waals surface area contributed by atoms with E-state index in [-0.39, 0.29) is 0 Å². The average Bonchev–Trinajstić information content (AvgIpc) is 3.16. The molecule has 1 aromatic heterocycles. The summed E-state index contributed by atoms with van der Waals surface area (Å²) in [7, 11) is 3.11. The van der Waals surface area contributed by atoms with Gasteiger partial charge in [0.15, 0.2) is 5.75 Å². The Hall–Kier alpha value is -2.33. The fourth-order valence-electron chi connectivity index (χ4n) is 4.32. The highest BCUT2D eigenvalue weighted by Crippen LogP contribution is 2.45. The van der Waals surface area contributed by atoms with Gasteiger partial charge in [0.25, 0.3) is 0 Å². The van der Waals surface area contributed by atoms with Gasteiger partial charge in [-0.3, -0.25) is 0 Å². The van der Waals surface area contributed by atoms with Crippen LogP contribution >= 0.6 is 11.6 Å². The highest BCUT2D eigenvalue weighted by Gasteiger charge is 2.45. The number of hydrogen-bond acceptors (Lipinski definition) is 8. The minimum atomic E-state index is -1.52. The number of ether oxygens (including phenoxy) is 3. The lowest BCUT2D eigenvalue weighted by molar-refractivity contribution is -0.231.